The molecule has 0 aromatic heterocycles. The number of benzene rings is 1. The molecule has 0 amide bonds. The van der Waals surface area contributed by atoms with Crippen LogP contribution in [0.15, 0.2) is 30.3 Å². The lowest BCUT2D eigenvalue weighted by Gasteiger charge is -2.33. The minimum atomic E-state index is 0.634. The van der Waals surface area contributed by atoms with E-state index in [-0.39, 0.29) is 0 Å². The Bertz CT molecular complexity index is 365. The lowest BCUT2D eigenvalue weighted by molar-refractivity contribution is 0.257. The third-order valence-corrected chi connectivity index (χ3v) is 4.33. The van der Waals surface area contributed by atoms with Crippen LogP contribution in [0.2, 0.25) is 0 Å². The van der Waals surface area contributed by atoms with E-state index in [1.54, 1.807) is 0 Å². The molecule has 3 nitrogen and oxygen atoms in total. The van der Waals surface area contributed by atoms with Crippen molar-refractivity contribution < 1.29 is 0 Å². The summed E-state index contributed by atoms with van der Waals surface area (Å²) >= 11 is 0. The zero-order chi connectivity index (χ0) is 12.2. The van der Waals surface area contributed by atoms with Gasteiger partial charge in [-0.2, -0.15) is 0 Å². The minimum Gasteiger partial charge on any atom is -0.312 e. The highest BCUT2D eigenvalue weighted by Crippen LogP contribution is 2.26. The maximum Gasteiger partial charge on any atom is 0.0407 e. The average Bonchev–Trinajstić information content (AvgIpc) is 2.89. The Labute approximate surface area is 109 Å². The van der Waals surface area contributed by atoms with Crippen LogP contribution in [0.3, 0.4) is 0 Å². The first kappa shape index (κ1) is 12.2. The molecule has 0 spiro atoms. The van der Waals surface area contributed by atoms with Gasteiger partial charge in [0.25, 0.3) is 0 Å². The average molecular weight is 245 g/mol. The summed E-state index contributed by atoms with van der Waals surface area (Å²) in [5.41, 5.74) is 8.18. The van der Waals surface area contributed by atoms with Crippen molar-refractivity contribution in [2.24, 2.45) is 5.92 Å². The van der Waals surface area contributed by atoms with Gasteiger partial charge >= 0.3 is 0 Å². The molecule has 3 N–H and O–H groups in total. The van der Waals surface area contributed by atoms with E-state index in [0.717, 1.165) is 25.4 Å². The highest BCUT2D eigenvalue weighted by molar-refractivity contribution is 5.14. The van der Waals surface area contributed by atoms with Crippen molar-refractivity contribution in [2.75, 3.05) is 13.1 Å². The van der Waals surface area contributed by atoms with Crippen LogP contribution in [-0.2, 0) is 6.42 Å². The highest BCUT2D eigenvalue weighted by Gasteiger charge is 2.35. The van der Waals surface area contributed by atoms with Crippen molar-refractivity contribution in [3.63, 3.8) is 0 Å². The molecule has 18 heavy (non-hydrogen) atoms. The van der Waals surface area contributed by atoms with Crippen LogP contribution in [0.5, 0.6) is 0 Å². The van der Waals surface area contributed by atoms with Gasteiger partial charge in [0.15, 0.2) is 0 Å². The second-order valence-corrected chi connectivity index (χ2v) is 5.54. The van der Waals surface area contributed by atoms with Crippen LogP contribution in [-0.4, -0.2) is 25.2 Å². The maximum atomic E-state index is 3.74. The molecular weight excluding hydrogens is 222 g/mol. The Kier molecular flexibility index (Phi) is 3.93. The summed E-state index contributed by atoms with van der Waals surface area (Å²) < 4.78 is 0. The number of hydrogen-bond donors (Lipinski definition) is 3. The van der Waals surface area contributed by atoms with Crippen LogP contribution in [0, 0.1) is 5.92 Å². The third-order valence-electron chi connectivity index (χ3n) is 4.33. The Morgan fingerprint density at radius 2 is 2.06 bits per heavy atom. The van der Waals surface area contributed by atoms with Gasteiger partial charge in [0, 0.05) is 18.6 Å². The lowest BCUT2D eigenvalue weighted by Crippen LogP contribution is -2.51. The Morgan fingerprint density at radius 1 is 1.17 bits per heavy atom. The van der Waals surface area contributed by atoms with Gasteiger partial charge in [0.05, 0.1) is 0 Å². The van der Waals surface area contributed by atoms with E-state index >= 15 is 0 Å². The fourth-order valence-corrected chi connectivity index (χ4v) is 3.32. The smallest absolute Gasteiger partial charge is 0.0407 e. The van der Waals surface area contributed by atoms with Gasteiger partial charge < -0.3 is 5.32 Å². The summed E-state index contributed by atoms with van der Waals surface area (Å²) in [5.74, 6) is 0.827. The molecule has 1 heterocycles. The largest absolute Gasteiger partial charge is 0.312 e. The van der Waals surface area contributed by atoms with Crippen molar-refractivity contribution in [3.05, 3.63) is 35.9 Å². The number of rotatable bonds is 4. The zero-order valence-corrected chi connectivity index (χ0v) is 10.9. The number of fused-ring (bicyclic) bond motifs is 1. The van der Waals surface area contributed by atoms with Crippen LogP contribution >= 0.6 is 0 Å². The van der Waals surface area contributed by atoms with Crippen LogP contribution < -0.4 is 16.2 Å². The van der Waals surface area contributed by atoms with Gasteiger partial charge in [-0.15, -0.1) is 0 Å². The molecule has 1 aliphatic carbocycles. The molecular formula is C15H23N3. The molecule has 2 fully saturated rings. The molecule has 2 aliphatic rings. The van der Waals surface area contributed by atoms with Crippen LogP contribution in [0.25, 0.3) is 0 Å². The van der Waals surface area contributed by atoms with Crippen molar-refractivity contribution >= 4 is 0 Å². The molecule has 3 unspecified atom stereocenters. The Morgan fingerprint density at radius 3 is 2.94 bits per heavy atom. The van der Waals surface area contributed by atoms with Gasteiger partial charge in [-0.05, 0) is 37.3 Å². The number of hydrogen-bond acceptors (Lipinski definition) is 3. The normalized spacial score (nSPS) is 31.2. The predicted octanol–water partition coefficient (Wildman–Crippen LogP) is 1.46. The Balaban J connectivity index is 1.48. The quantitative estimate of drug-likeness (QED) is 0.752. The van der Waals surface area contributed by atoms with E-state index in [1.165, 1.54) is 24.8 Å². The SMILES string of the molecule is c1ccc(CCNC2CCCC3CNNC32)cc1. The van der Waals surface area contributed by atoms with Crippen LogP contribution in [0.4, 0.5) is 0 Å². The highest BCUT2D eigenvalue weighted by atomic mass is 15.4. The van der Waals surface area contributed by atoms with Gasteiger partial charge in [-0.1, -0.05) is 36.8 Å². The molecule has 1 aromatic carbocycles. The predicted molar refractivity (Wildman–Crippen MR) is 74.2 cm³/mol. The molecule has 0 bridgehead atoms. The molecule has 98 valence electrons. The third kappa shape index (κ3) is 2.74. The minimum absolute atomic E-state index is 0.634. The first-order valence-electron chi connectivity index (χ1n) is 7.19. The standard InChI is InChI=1S/C15H23N3/c1-2-5-12(6-3-1)9-10-16-14-8-4-7-13-11-17-18-15(13)14/h1-3,5-6,13-18H,4,7-11H2. The fourth-order valence-electron chi connectivity index (χ4n) is 3.32. The number of hydrazine groups is 1. The zero-order valence-electron chi connectivity index (χ0n) is 10.9. The van der Waals surface area contributed by atoms with Crippen molar-refractivity contribution in [1.82, 2.24) is 16.2 Å². The second kappa shape index (κ2) is 5.83. The maximum absolute atomic E-state index is 3.74. The number of nitrogens with one attached hydrogen (secondary N) is 3. The first-order valence-corrected chi connectivity index (χ1v) is 7.19. The summed E-state index contributed by atoms with van der Waals surface area (Å²) in [6.45, 7) is 2.22. The van der Waals surface area contributed by atoms with E-state index in [2.05, 4.69) is 46.5 Å². The molecule has 1 saturated heterocycles. The van der Waals surface area contributed by atoms with Gasteiger partial charge in [-0.25, -0.2) is 0 Å². The van der Waals surface area contributed by atoms with Crippen molar-refractivity contribution in [1.29, 1.82) is 0 Å². The molecule has 1 saturated carbocycles. The topological polar surface area (TPSA) is 36.1 Å². The summed E-state index contributed by atoms with van der Waals surface area (Å²) in [5, 5.41) is 3.74. The van der Waals surface area contributed by atoms with E-state index in [1.807, 2.05) is 0 Å². The van der Waals surface area contributed by atoms with E-state index < -0.39 is 0 Å². The monoisotopic (exact) mass is 245 g/mol. The van der Waals surface area contributed by atoms with E-state index in [4.69, 9.17) is 0 Å². The summed E-state index contributed by atoms with van der Waals surface area (Å²) in [6.07, 6.45) is 5.18. The van der Waals surface area contributed by atoms with Gasteiger partial charge in [0.1, 0.15) is 0 Å². The van der Waals surface area contributed by atoms with E-state index in [9.17, 15) is 0 Å². The van der Waals surface area contributed by atoms with Crippen molar-refractivity contribution in [2.45, 2.75) is 37.8 Å². The molecule has 1 aliphatic heterocycles. The van der Waals surface area contributed by atoms with Crippen LogP contribution in [0.1, 0.15) is 24.8 Å². The summed E-state index contributed by atoms with van der Waals surface area (Å²) in [4.78, 5) is 0. The van der Waals surface area contributed by atoms with E-state index in [0.29, 0.717) is 12.1 Å². The Hall–Kier alpha value is -0.900. The lowest BCUT2D eigenvalue weighted by atomic mass is 9.82. The van der Waals surface area contributed by atoms with Gasteiger partial charge in [-0.3, -0.25) is 10.9 Å². The fraction of sp³-hybridized carbons (Fsp3) is 0.600. The molecule has 0 radical (unpaired) electrons. The molecule has 3 heteroatoms. The first-order chi connectivity index (χ1) is 8.93. The second-order valence-electron chi connectivity index (χ2n) is 5.54. The molecule has 3 atom stereocenters. The summed E-state index contributed by atoms with van der Waals surface area (Å²) in [6, 6.07) is 12.0. The van der Waals surface area contributed by atoms with Crippen molar-refractivity contribution in [3.8, 4) is 0 Å². The molecule has 1 aromatic rings. The molecule has 3 rings (SSSR count). The summed E-state index contributed by atoms with van der Waals surface area (Å²) in [7, 11) is 0. The van der Waals surface area contributed by atoms with Gasteiger partial charge in [0.2, 0.25) is 0 Å².